The lowest BCUT2D eigenvalue weighted by Crippen LogP contribution is -2.11. The number of nitrogens with zero attached hydrogens (tertiary/aromatic N) is 2. The average molecular weight is 365 g/mol. The number of rotatable bonds is 3. The molecular weight excluding hydrogens is 352 g/mol. The topological polar surface area (TPSA) is 65.2 Å². The lowest BCUT2D eigenvalue weighted by Gasteiger charge is -2.07. The van der Waals surface area contributed by atoms with Crippen molar-refractivity contribution in [2.45, 2.75) is 6.92 Å². The quantitative estimate of drug-likeness (QED) is 0.375. The molecule has 0 saturated carbocycles. The minimum atomic E-state index is -0.558. The summed E-state index contributed by atoms with van der Waals surface area (Å²) in [5.41, 5.74) is 1.95. The first-order valence-corrected chi connectivity index (χ1v) is 8.29. The number of para-hydroxylation sites is 1. The zero-order valence-electron chi connectivity index (χ0n) is 13.8. The Balaban J connectivity index is 1.74. The van der Waals surface area contributed by atoms with E-state index in [0.717, 1.165) is 5.39 Å². The zero-order chi connectivity index (χ0) is 18.1. The number of carbonyl (C=O) groups is 1. The smallest absolute Gasteiger partial charge is 0.349 e. The summed E-state index contributed by atoms with van der Waals surface area (Å²) in [7, 11) is 0. The maximum Gasteiger partial charge on any atom is 0.349 e. The van der Waals surface area contributed by atoms with Crippen molar-refractivity contribution in [1.82, 2.24) is 10.1 Å². The van der Waals surface area contributed by atoms with Gasteiger partial charge in [0.25, 0.3) is 0 Å². The molecule has 128 valence electrons. The van der Waals surface area contributed by atoms with Crippen LogP contribution >= 0.6 is 11.6 Å². The van der Waals surface area contributed by atoms with Crippen LogP contribution in [0.4, 0.5) is 0 Å². The highest BCUT2D eigenvalue weighted by molar-refractivity contribution is 6.30. The summed E-state index contributed by atoms with van der Waals surface area (Å²) in [6, 6.07) is 16.2. The van der Waals surface area contributed by atoms with E-state index in [1.54, 1.807) is 43.5 Å². The Labute approximate surface area is 154 Å². The summed E-state index contributed by atoms with van der Waals surface area (Å²) in [5, 5.41) is 5.43. The predicted octanol–water partition coefficient (Wildman–Crippen LogP) is 5.07. The van der Waals surface area contributed by atoms with Gasteiger partial charge >= 0.3 is 5.97 Å². The van der Waals surface area contributed by atoms with E-state index in [1.807, 2.05) is 24.3 Å². The molecule has 0 aliphatic rings. The van der Waals surface area contributed by atoms with Crippen LogP contribution in [0.25, 0.3) is 22.2 Å². The third-order valence-corrected chi connectivity index (χ3v) is 4.20. The second-order valence-electron chi connectivity index (χ2n) is 5.69. The molecule has 5 nitrogen and oxygen atoms in total. The zero-order valence-corrected chi connectivity index (χ0v) is 14.5. The van der Waals surface area contributed by atoms with Crippen LogP contribution in [0.15, 0.2) is 65.3 Å². The molecule has 0 unspecified atom stereocenters. The molecular formula is C20H13ClN2O3. The summed E-state index contributed by atoms with van der Waals surface area (Å²) >= 11 is 6.05. The summed E-state index contributed by atoms with van der Waals surface area (Å²) in [5.74, 6) is 0.195. The molecule has 0 N–H and O–H groups in total. The molecule has 2 aromatic carbocycles. The van der Waals surface area contributed by atoms with E-state index in [2.05, 4.69) is 10.1 Å². The van der Waals surface area contributed by atoms with Crippen LogP contribution in [0.3, 0.4) is 0 Å². The summed E-state index contributed by atoms with van der Waals surface area (Å²) in [4.78, 5) is 17.1. The Morgan fingerprint density at radius 3 is 2.77 bits per heavy atom. The fourth-order valence-electron chi connectivity index (χ4n) is 2.75. The number of ether oxygens (including phenoxy) is 1. The van der Waals surface area contributed by atoms with Crippen LogP contribution in [0.1, 0.15) is 16.1 Å². The van der Waals surface area contributed by atoms with Crippen molar-refractivity contribution >= 4 is 28.5 Å². The second kappa shape index (κ2) is 6.61. The molecule has 4 aromatic rings. The minimum absolute atomic E-state index is 0.264. The molecule has 0 radical (unpaired) electrons. The van der Waals surface area contributed by atoms with Gasteiger partial charge in [0.1, 0.15) is 22.5 Å². The Bertz CT molecular complexity index is 1120. The monoisotopic (exact) mass is 364 g/mol. The van der Waals surface area contributed by atoms with E-state index in [1.165, 1.54) is 0 Å². The molecule has 0 atom stereocenters. The molecule has 0 amide bonds. The Hall–Kier alpha value is -3.18. The number of aryl methyl sites for hydroxylation is 1. The van der Waals surface area contributed by atoms with Gasteiger partial charge in [0.2, 0.25) is 0 Å². The van der Waals surface area contributed by atoms with Gasteiger partial charge in [-0.3, -0.25) is 4.98 Å². The number of fused-ring (bicyclic) bond motifs is 1. The number of carbonyl (C=O) groups excluding carboxylic acids is 1. The molecule has 6 heteroatoms. The highest BCUT2D eigenvalue weighted by Crippen LogP contribution is 2.30. The van der Waals surface area contributed by atoms with Crippen molar-refractivity contribution in [2.75, 3.05) is 0 Å². The Morgan fingerprint density at radius 1 is 1.12 bits per heavy atom. The maximum atomic E-state index is 12.8. The second-order valence-corrected chi connectivity index (χ2v) is 6.13. The van der Waals surface area contributed by atoms with Gasteiger partial charge in [-0.2, -0.15) is 0 Å². The van der Waals surface area contributed by atoms with E-state index < -0.39 is 5.97 Å². The number of halogens is 1. The predicted molar refractivity (Wildman–Crippen MR) is 98.4 cm³/mol. The van der Waals surface area contributed by atoms with Gasteiger partial charge in [-0.25, -0.2) is 4.79 Å². The molecule has 0 aliphatic carbocycles. The molecule has 4 rings (SSSR count). The molecule has 2 aromatic heterocycles. The number of hydrogen-bond acceptors (Lipinski definition) is 5. The fraction of sp³-hybridized carbons (Fsp3) is 0.0500. The highest BCUT2D eigenvalue weighted by Gasteiger charge is 2.24. The molecule has 0 aliphatic heterocycles. The van der Waals surface area contributed by atoms with Gasteiger partial charge in [-0.15, -0.1) is 0 Å². The molecule has 2 heterocycles. The number of pyridine rings is 1. The third kappa shape index (κ3) is 2.93. The minimum Gasteiger partial charge on any atom is -0.420 e. The Morgan fingerprint density at radius 2 is 1.92 bits per heavy atom. The van der Waals surface area contributed by atoms with Crippen molar-refractivity contribution in [3.63, 3.8) is 0 Å². The van der Waals surface area contributed by atoms with Crippen LogP contribution in [-0.2, 0) is 0 Å². The number of hydrogen-bond donors (Lipinski definition) is 0. The molecule has 0 saturated heterocycles. The third-order valence-electron chi connectivity index (χ3n) is 3.96. The summed E-state index contributed by atoms with van der Waals surface area (Å²) < 4.78 is 10.8. The van der Waals surface area contributed by atoms with Gasteiger partial charge in [-0.05, 0) is 31.2 Å². The molecule has 0 fully saturated rings. The van der Waals surface area contributed by atoms with Gasteiger partial charge in [0, 0.05) is 22.2 Å². The highest BCUT2D eigenvalue weighted by atomic mass is 35.5. The maximum absolute atomic E-state index is 12.8. The summed E-state index contributed by atoms with van der Waals surface area (Å²) in [6.45, 7) is 1.67. The molecule has 0 spiro atoms. The van der Waals surface area contributed by atoms with E-state index in [-0.39, 0.29) is 5.56 Å². The van der Waals surface area contributed by atoms with Crippen LogP contribution < -0.4 is 4.74 Å². The molecule has 0 bridgehead atoms. The standard InChI is InChI=1S/C20H13ClN2O3/c1-12-17(19(23-26-12)14-6-2-8-15(21)11-14)20(24)25-16-9-3-5-13-7-4-10-22-18(13)16/h2-11H,1H3. The first-order valence-electron chi connectivity index (χ1n) is 7.91. The SMILES string of the molecule is Cc1onc(-c2cccc(Cl)c2)c1C(=O)Oc1cccc2cccnc12. The first-order chi connectivity index (χ1) is 12.6. The molecule has 26 heavy (non-hydrogen) atoms. The Kier molecular flexibility index (Phi) is 4.14. The van der Waals surface area contributed by atoms with Gasteiger partial charge in [-0.1, -0.05) is 47.1 Å². The van der Waals surface area contributed by atoms with Crippen LogP contribution in [0.5, 0.6) is 5.75 Å². The van der Waals surface area contributed by atoms with Crippen molar-refractivity contribution in [3.05, 3.63) is 77.1 Å². The van der Waals surface area contributed by atoms with Crippen molar-refractivity contribution in [3.8, 4) is 17.0 Å². The normalized spacial score (nSPS) is 10.8. The summed E-state index contributed by atoms with van der Waals surface area (Å²) in [6.07, 6.45) is 1.65. The van der Waals surface area contributed by atoms with Crippen LogP contribution in [-0.4, -0.2) is 16.1 Å². The lowest BCUT2D eigenvalue weighted by atomic mass is 10.1. The largest absolute Gasteiger partial charge is 0.420 e. The van der Waals surface area contributed by atoms with Crippen LogP contribution in [0, 0.1) is 6.92 Å². The van der Waals surface area contributed by atoms with E-state index in [0.29, 0.717) is 33.3 Å². The van der Waals surface area contributed by atoms with E-state index in [4.69, 9.17) is 20.9 Å². The average Bonchev–Trinajstić information content (AvgIpc) is 3.04. The van der Waals surface area contributed by atoms with E-state index in [9.17, 15) is 4.79 Å². The fourth-order valence-corrected chi connectivity index (χ4v) is 2.95. The van der Waals surface area contributed by atoms with Crippen LogP contribution in [0.2, 0.25) is 5.02 Å². The van der Waals surface area contributed by atoms with Crippen molar-refractivity contribution < 1.29 is 14.1 Å². The number of benzene rings is 2. The first kappa shape index (κ1) is 16.3. The lowest BCUT2D eigenvalue weighted by molar-refractivity contribution is 0.0735. The van der Waals surface area contributed by atoms with Gasteiger partial charge in [0.05, 0.1) is 0 Å². The van der Waals surface area contributed by atoms with Gasteiger partial charge < -0.3 is 9.26 Å². The number of esters is 1. The van der Waals surface area contributed by atoms with Gasteiger partial charge in [0.15, 0.2) is 5.75 Å². The van der Waals surface area contributed by atoms with E-state index >= 15 is 0 Å². The number of aromatic nitrogens is 2. The van der Waals surface area contributed by atoms with Crippen molar-refractivity contribution in [2.24, 2.45) is 0 Å². The van der Waals surface area contributed by atoms with Crippen molar-refractivity contribution in [1.29, 1.82) is 0 Å².